The number of methoxy groups -OCH3 is 1. The lowest BCUT2D eigenvalue weighted by atomic mass is 9.80. The molecule has 3 N–H and O–H groups in total. The van der Waals surface area contributed by atoms with Crippen LogP contribution < -0.4 is 11.1 Å². The molecular formula is C24H30Cl2N2O6. The lowest BCUT2D eigenvalue weighted by Gasteiger charge is -2.32. The van der Waals surface area contributed by atoms with E-state index >= 15 is 0 Å². The first-order chi connectivity index (χ1) is 16.2. The van der Waals surface area contributed by atoms with E-state index in [1.165, 1.54) is 7.11 Å². The minimum absolute atomic E-state index is 0.00957. The quantitative estimate of drug-likeness (QED) is 0.249. The number of ether oxygens (including phenoxy) is 4. The van der Waals surface area contributed by atoms with Gasteiger partial charge in [-0.15, -0.1) is 0 Å². The number of nitrogens with one attached hydrogen (secondary N) is 1. The summed E-state index contributed by atoms with van der Waals surface area (Å²) in [6, 6.07) is 5.01. The third-order valence-electron chi connectivity index (χ3n) is 4.89. The molecule has 0 aromatic heterocycles. The van der Waals surface area contributed by atoms with E-state index < -0.39 is 17.9 Å². The van der Waals surface area contributed by atoms with E-state index in [1.54, 1.807) is 32.0 Å². The Balaban J connectivity index is 2.56. The first-order valence-electron chi connectivity index (χ1n) is 10.6. The molecule has 0 radical (unpaired) electrons. The molecule has 1 atom stereocenters. The molecule has 0 fully saturated rings. The van der Waals surface area contributed by atoms with Crippen LogP contribution >= 0.6 is 23.2 Å². The molecule has 0 aliphatic carbocycles. The molecule has 0 saturated carbocycles. The third-order valence-corrected chi connectivity index (χ3v) is 5.73. The number of hydrogen-bond donors (Lipinski definition) is 2. The molecule has 1 aromatic rings. The predicted molar refractivity (Wildman–Crippen MR) is 131 cm³/mol. The van der Waals surface area contributed by atoms with Crippen molar-refractivity contribution in [3.63, 3.8) is 0 Å². The Hall–Kier alpha value is -2.36. The summed E-state index contributed by atoms with van der Waals surface area (Å²) in [4.78, 5) is 26.1. The first-order valence-corrected chi connectivity index (χ1v) is 11.4. The van der Waals surface area contributed by atoms with Crippen molar-refractivity contribution < 1.29 is 28.5 Å². The van der Waals surface area contributed by atoms with E-state index in [2.05, 4.69) is 11.9 Å². The number of carbonyl (C=O) groups is 2. The Bertz CT molecular complexity index is 990. The van der Waals surface area contributed by atoms with E-state index in [0.717, 1.165) is 0 Å². The summed E-state index contributed by atoms with van der Waals surface area (Å²) in [6.45, 7) is 8.70. The summed E-state index contributed by atoms with van der Waals surface area (Å²) in [5.74, 6) is -2.17. The van der Waals surface area contributed by atoms with Crippen LogP contribution in [0.4, 0.5) is 0 Å². The van der Waals surface area contributed by atoms with Crippen molar-refractivity contribution >= 4 is 35.1 Å². The highest BCUT2D eigenvalue weighted by atomic mass is 35.5. The fourth-order valence-corrected chi connectivity index (χ4v) is 3.85. The van der Waals surface area contributed by atoms with Gasteiger partial charge in [-0.25, -0.2) is 9.59 Å². The summed E-state index contributed by atoms with van der Waals surface area (Å²) in [5.41, 5.74) is 7.83. The Labute approximate surface area is 209 Å². The van der Waals surface area contributed by atoms with Gasteiger partial charge in [0.15, 0.2) is 0 Å². The molecule has 34 heavy (non-hydrogen) atoms. The van der Waals surface area contributed by atoms with Gasteiger partial charge in [0, 0.05) is 12.2 Å². The molecule has 1 aromatic carbocycles. The lowest BCUT2D eigenvalue weighted by Crippen LogP contribution is -2.35. The standard InChI is InChI=1S/C24H30Cl2N2O6/c1-14(2)12-34-24(30)21-18(13-33-11-10-32-9-8-27)28-15(3)19(23(29)31-4)20(21)16-6-5-7-17(25)22(16)26/h5-7,20,28H,1,8-13,27H2,2-4H3/t20-/m0/s1. The maximum absolute atomic E-state index is 13.3. The molecule has 0 spiro atoms. The van der Waals surface area contributed by atoms with Crippen LogP contribution in [0.15, 0.2) is 52.9 Å². The van der Waals surface area contributed by atoms with Crippen LogP contribution in [0.1, 0.15) is 25.3 Å². The highest BCUT2D eigenvalue weighted by Crippen LogP contribution is 2.43. The Morgan fingerprint density at radius 1 is 1.12 bits per heavy atom. The van der Waals surface area contributed by atoms with Crippen LogP contribution in [0.3, 0.4) is 0 Å². The zero-order chi connectivity index (χ0) is 25.3. The van der Waals surface area contributed by atoms with Gasteiger partial charge < -0.3 is 30.0 Å². The molecule has 0 amide bonds. The average Bonchev–Trinajstić information content (AvgIpc) is 2.80. The molecule has 1 heterocycles. The number of hydrogen-bond acceptors (Lipinski definition) is 8. The topological polar surface area (TPSA) is 109 Å². The van der Waals surface area contributed by atoms with Crippen molar-refractivity contribution in [3.8, 4) is 0 Å². The van der Waals surface area contributed by atoms with E-state index in [9.17, 15) is 9.59 Å². The Kier molecular flexibility index (Phi) is 11.1. The normalized spacial score (nSPS) is 15.8. The second-order valence-electron chi connectivity index (χ2n) is 7.61. The van der Waals surface area contributed by atoms with Crippen molar-refractivity contribution in [1.82, 2.24) is 5.32 Å². The highest BCUT2D eigenvalue weighted by molar-refractivity contribution is 6.42. The minimum Gasteiger partial charge on any atom is -0.466 e. The molecule has 0 saturated heterocycles. The molecule has 10 heteroatoms. The summed E-state index contributed by atoms with van der Waals surface area (Å²) in [7, 11) is 1.27. The maximum Gasteiger partial charge on any atom is 0.337 e. The number of benzene rings is 1. The van der Waals surface area contributed by atoms with E-state index in [0.29, 0.717) is 42.3 Å². The van der Waals surface area contributed by atoms with E-state index in [4.69, 9.17) is 47.9 Å². The molecule has 1 aliphatic heterocycles. The Morgan fingerprint density at radius 2 is 1.82 bits per heavy atom. The van der Waals surface area contributed by atoms with Crippen molar-refractivity contribution in [2.75, 3.05) is 46.7 Å². The minimum atomic E-state index is -0.899. The smallest absolute Gasteiger partial charge is 0.337 e. The average molecular weight is 513 g/mol. The fraction of sp³-hybridized carbons (Fsp3) is 0.417. The van der Waals surface area contributed by atoms with Crippen LogP contribution in [-0.2, 0) is 28.5 Å². The van der Waals surface area contributed by atoms with Gasteiger partial charge in [0.05, 0.1) is 66.3 Å². The van der Waals surface area contributed by atoms with Crippen LogP contribution in [0.25, 0.3) is 0 Å². The molecule has 0 bridgehead atoms. The molecule has 2 rings (SSSR count). The molecular weight excluding hydrogens is 483 g/mol. The van der Waals surface area contributed by atoms with Crippen molar-refractivity contribution in [2.24, 2.45) is 5.73 Å². The monoisotopic (exact) mass is 512 g/mol. The second kappa shape index (κ2) is 13.5. The third kappa shape index (κ3) is 7.07. The van der Waals surface area contributed by atoms with Gasteiger partial charge in [-0.1, -0.05) is 41.9 Å². The molecule has 0 unspecified atom stereocenters. The van der Waals surface area contributed by atoms with Crippen molar-refractivity contribution in [2.45, 2.75) is 19.8 Å². The summed E-state index contributed by atoms with van der Waals surface area (Å²) in [5, 5.41) is 3.60. The molecule has 186 valence electrons. The number of halogens is 2. The fourth-order valence-electron chi connectivity index (χ4n) is 3.43. The Morgan fingerprint density at radius 3 is 2.47 bits per heavy atom. The lowest BCUT2D eigenvalue weighted by molar-refractivity contribution is -0.138. The number of nitrogens with two attached hydrogens (primary N) is 1. The predicted octanol–water partition coefficient (Wildman–Crippen LogP) is 3.49. The van der Waals surface area contributed by atoms with Gasteiger partial charge in [0.1, 0.15) is 6.61 Å². The highest BCUT2D eigenvalue weighted by Gasteiger charge is 2.40. The van der Waals surface area contributed by atoms with Crippen LogP contribution in [0, 0.1) is 0 Å². The summed E-state index contributed by atoms with van der Waals surface area (Å²) in [6.07, 6.45) is 0. The van der Waals surface area contributed by atoms with Crippen LogP contribution in [0.5, 0.6) is 0 Å². The number of rotatable bonds is 12. The van der Waals surface area contributed by atoms with Crippen molar-refractivity contribution in [1.29, 1.82) is 0 Å². The maximum atomic E-state index is 13.3. The molecule has 1 aliphatic rings. The second-order valence-corrected chi connectivity index (χ2v) is 8.40. The summed E-state index contributed by atoms with van der Waals surface area (Å²) < 4.78 is 21.5. The zero-order valence-electron chi connectivity index (χ0n) is 19.5. The number of allylic oxidation sites excluding steroid dienone is 1. The zero-order valence-corrected chi connectivity index (χ0v) is 21.1. The first kappa shape index (κ1) is 27.9. The van der Waals surface area contributed by atoms with Gasteiger partial charge in [0.2, 0.25) is 0 Å². The van der Waals surface area contributed by atoms with Gasteiger partial charge >= 0.3 is 11.9 Å². The molecule has 8 nitrogen and oxygen atoms in total. The number of dihydropyridines is 1. The van der Waals surface area contributed by atoms with Gasteiger partial charge in [-0.3, -0.25) is 0 Å². The number of esters is 2. The van der Waals surface area contributed by atoms with Gasteiger partial charge in [0.25, 0.3) is 0 Å². The van der Waals surface area contributed by atoms with Gasteiger partial charge in [-0.2, -0.15) is 0 Å². The number of carbonyl (C=O) groups excluding carboxylic acids is 2. The van der Waals surface area contributed by atoms with Crippen LogP contribution in [-0.4, -0.2) is 58.6 Å². The van der Waals surface area contributed by atoms with E-state index in [1.807, 2.05) is 0 Å². The van der Waals surface area contributed by atoms with Crippen LogP contribution in [0.2, 0.25) is 10.0 Å². The largest absolute Gasteiger partial charge is 0.466 e. The summed E-state index contributed by atoms with van der Waals surface area (Å²) >= 11 is 12.8. The SMILES string of the molecule is C=C(C)COC(=O)C1=C(COCCOCCN)NC(C)=C(C(=O)OC)[C@@H]1c1cccc(Cl)c1Cl. The van der Waals surface area contributed by atoms with Crippen molar-refractivity contribution in [3.05, 3.63) is 68.5 Å². The van der Waals surface area contributed by atoms with E-state index in [-0.39, 0.29) is 41.0 Å². The van der Waals surface area contributed by atoms with Gasteiger partial charge in [-0.05, 0) is 31.1 Å².